The first-order valence-electron chi connectivity index (χ1n) is 6.91. The Balaban J connectivity index is 2.15. The van der Waals surface area contributed by atoms with Gasteiger partial charge < -0.3 is 10.2 Å². The molecule has 21 heavy (non-hydrogen) atoms. The fourth-order valence-electron chi connectivity index (χ4n) is 2.24. The summed E-state index contributed by atoms with van der Waals surface area (Å²) < 4.78 is 13.3. The van der Waals surface area contributed by atoms with E-state index in [1.54, 1.807) is 12.1 Å². The first-order valence-corrected chi connectivity index (χ1v) is 7.28. The minimum atomic E-state index is -0.217. The summed E-state index contributed by atoms with van der Waals surface area (Å²) in [6.45, 7) is 2.79. The Morgan fingerprint density at radius 3 is 2.62 bits per heavy atom. The molecule has 1 atom stereocenters. The highest BCUT2D eigenvalue weighted by molar-refractivity contribution is 6.31. The van der Waals surface area contributed by atoms with Crippen LogP contribution in [0.15, 0.2) is 42.5 Å². The molecule has 0 aliphatic carbocycles. The Bertz CT molecular complexity index is 613. The highest BCUT2D eigenvalue weighted by Gasteiger charge is 2.08. The van der Waals surface area contributed by atoms with Gasteiger partial charge in [-0.25, -0.2) is 4.39 Å². The minimum absolute atomic E-state index is 0.0223. The lowest BCUT2D eigenvalue weighted by Gasteiger charge is -2.18. The summed E-state index contributed by atoms with van der Waals surface area (Å²) >= 11 is 6.21. The van der Waals surface area contributed by atoms with Crippen LogP contribution in [0.3, 0.4) is 0 Å². The Hall–Kier alpha value is -1.58. The van der Waals surface area contributed by atoms with Gasteiger partial charge in [0.15, 0.2) is 0 Å². The molecule has 2 nitrogen and oxygen atoms in total. The number of hydrogen-bond donors (Lipinski definition) is 1. The zero-order valence-electron chi connectivity index (χ0n) is 12.5. The maximum Gasteiger partial charge on any atom is 0.123 e. The smallest absolute Gasteiger partial charge is 0.123 e. The van der Waals surface area contributed by atoms with E-state index in [-0.39, 0.29) is 11.9 Å². The van der Waals surface area contributed by atoms with Crippen LogP contribution in [0.4, 0.5) is 10.1 Å². The average Bonchev–Trinajstić information content (AvgIpc) is 2.42. The molecule has 1 N–H and O–H groups in total. The van der Waals surface area contributed by atoms with E-state index in [0.717, 1.165) is 28.4 Å². The molecule has 2 aromatic carbocycles. The van der Waals surface area contributed by atoms with Gasteiger partial charge in [0.2, 0.25) is 0 Å². The van der Waals surface area contributed by atoms with Crippen molar-refractivity contribution in [2.24, 2.45) is 0 Å². The van der Waals surface area contributed by atoms with Crippen LogP contribution in [0.5, 0.6) is 0 Å². The zero-order chi connectivity index (χ0) is 15.4. The molecule has 0 unspecified atom stereocenters. The lowest BCUT2D eigenvalue weighted by Crippen LogP contribution is -2.12. The second kappa shape index (κ2) is 6.92. The standard InChI is InChI=1S/C17H20ClFN2/c1-12(13-5-4-6-15(19)9-13)20-16-7-8-17(18)14(10-16)11-21(2)3/h4-10,12,20H,11H2,1-3H3/t12-/m1/s1. The molecule has 0 fully saturated rings. The van der Waals surface area contributed by atoms with Gasteiger partial charge in [0.1, 0.15) is 5.82 Å². The Kier molecular flexibility index (Phi) is 5.21. The number of anilines is 1. The van der Waals surface area contributed by atoms with E-state index in [9.17, 15) is 4.39 Å². The van der Waals surface area contributed by atoms with E-state index in [1.807, 2.05) is 45.3 Å². The molecule has 4 heteroatoms. The van der Waals surface area contributed by atoms with Crippen molar-refractivity contribution in [3.05, 3.63) is 64.4 Å². The molecule has 0 aliphatic rings. The van der Waals surface area contributed by atoms with Gasteiger partial charge in [-0.05, 0) is 62.5 Å². The lowest BCUT2D eigenvalue weighted by molar-refractivity contribution is 0.402. The van der Waals surface area contributed by atoms with Crippen LogP contribution >= 0.6 is 11.6 Å². The third-order valence-electron chi connectivity index (χ3n) is 3.26. The fourth-order valence-corrected chi connectivity index (χ4v) is 2.41. The fraction of sp³-hybridized carbons (Fsp3) is 0.294. The third-order valence-corrected chi connectivity index (χ3v) is 3.63. The molecule has 0 saturated heterocycles. The summed E-state index contributed by atoms with van der Waals surface area (Å²) in [7, 11) is 4.01. The topological polar surface area (TPSA) is 15.3 Å². The van der Waals surface area contributed by atoms with E-state index >= 15 is 0 Å². The van der Waals surface area contributed by atoms with Gasteiger partial charge in [0.05, 0.1) is 0 Å². The second-order valence-corrected chi connectivity index (χ2v) is 5.87. The van der Waals surface area contributed by atoms with Gasteiger partial charge in [-0.15, -0.1) is 0 Å². The monoisotopic (exact) mass is 306 g/mol. The van der Waals surface area contributed by atoms with E-state index < -0.39 is 0 Å². The maximum absolute atomic E-state index is 13.3. The van der Waals surface area contributed by atoms with Crippen LogP contribution in [-0.4, -0.2) is 19.0 Å². The molecular formula is C17H20ClFN2. The molecule has 2 aromatic rings. The summed E-state index contributed by atoms with van der Waals surface area (Å²) in [5.74, 6) is -0.217. The van der Waals surface area contributed by atoms with Crippen LogP contribution in [0.1, 0.15) is 24.1 Å². The largest absolute Gasteiger partial charge is 0.379 e. The summed E-state index contributed by atoms with van der Waals surface area (Å²) in [6.07, 6.45) is 0. The van der Waals surface area contributed by atoms with Gasteiger partial charge in [0.25, 0.3) is 0 Å². The molecule has 0 amide bonds. The summed E-state index contributed by atoms with van der Waals surface area (Å²) in [5, 5.41) is 4.14. The van der Waals surface area contributed by atoms with Crippen molar-refractivity contribution in [1.82, 2.24) is 4.90 Å². The number of nitrogens with one attached hydrogen (secondary N) is 1. The van der Waals surface area contributed by atoms with Gasteiger partial charge in [0, 0.05) is 23.3 Å². The molecule has 0 spiro atoms. The number of hydrogen-bond acceptors (Lipinski definition) is 2. The number of rotatable bonds is 5. The van der Waals surface area contributed by atoms with Gasteiger partial charge in [-0.1, -0.05) is 23.7 Å². The van der Waals surface area contributed by atoms with Gasteiger partial charge in [-0.3, -0.25) is 0 Å². The molecule has 0 aliphatic heterocycles. The van der Waals surface area contributed by atoms with Crippen molar-refractivity contribution in [3.63, 3.8) is 0 Å². The van der Waals surface area contributed by atoms with Crippen LogP contribution in [0.2, 0.25) is 5.02 Å². The summed E-state index contributed by atoms with van der Waals surface area (Å²) in [4.78, 5) is 2.07. The van der Waals surface area contributed by atoms with Crippen LogP contribution in [0, 0.1) is 5.82 Å². The Labute approximate surface area is 130 Å². The second-order valence-electron chi connectivity index (χ2n) is 5.47. The molecule has 0 saturated carbocycles. The molecule has 0 bridgehead atoms. The lowest BCUT2D eigenvalue weighted by atomic mass is 10.1. The quantitative estimate of drug-likeness (QED) is 0.860. The predicted octanol–water partition coefficient (Wildman–Crippen LogP) is 4.71. The Morgan fingerprint density at radius 2 is 1.95 bits per heavy atom. The molecule has 2 rings (SSSR count). The van der Waals surface area contributed by atoms with Crippen LogP contribution < -0.4 is 5.32 Å². The van der Waals surface area contributed by atoms with Crippen molar-refractivity contribution >= 4 is 17.3 Å². The Morgan fingerprint density at radius 1 is 1.19 bits per heavy atom. The highest BCUT2D eigenvalue weighted by atomic mass is 35.5. The summed E-state index contributed by atoms with van der Waals surface area (Å²) in [5.41, 5.74) is 2.96. The molecule has 0 radical (unpaired) electrons. The van der Waals surface area contributed by atoms with Crippen molar-refractivity contribution in [2.75, 3.05) is 19.4 Å². The molecular weight excluding hydrogens is 287 g/mol. The van der Waals surface area contributed by atoms with E-state index in [0.29, 0.717) is 0 Å². The number of nitrogens with zero attached hydrogens (tertiary/aromatic N) is 1. The molecule has 112 valence electrons. The average molecular weight is 307 g/mol. The van der Waals surface area contributed by atoms with Gasteiger partial charge >= 0.3 is 0 Å². The minimum Gasteiger partial charge on any atom is -0.379 e. The normalized spacial score (nSPS) is 12.5. The number of benzene rings is 2. The number of halogens is 2. The van der Waals surface area contributed by atoms with Crippen molar-refractivity contribution in [2.45, 2.75) is 19.5 Å². The molecule has 0 heterocycles. The van der Waals surface area contributed by atoms with E-state index in [4.69, 9.17) is 11.6 Å². The highest BCUT2D eigenvalue weighted by Crippen LogP contribution is 2.25. The van der Waals surface area contributed by atoms with Crippen molar-refractivity contribution in [3.8, 4) is 0 Å². The van der Waals surface area contributed by atoms with E-state index in [1.165, 1.54) is 6.07 Å². The maximum atomic E-state index is 13.3. The predicted molar refractivity (Wildman–Crippen MR) is 87.3 cm³/mol. The SMILES string of the molecule is C[C@@H](Nc1ccc(Cl)c(CN(C)C)c1)c1cccc(F)c1. The summed E-state index contributed by atoms with van der Waals surface area (Å²) in [6, 6.07) is 12.5. The van der Waals surface area contributed by atoms with Crippen LogP contribution in [-0.2, 0) is 6.54 Å². The third kappa shape index (κ3) is 4.45. The first-order chi connectivity index (χ1) is 9.95. The first kappa shape index (κ1) is 15.8. The molecule has 0 aromatic heterocycles. The van der Waals surface area contributed by atoms with Crippen LogP contribution in [0.25, 0.3) is 0 Å². The van der Waals surface area contributed by atoms with Gasteiger partial charge in [-0.2, -0.15) is 0 Å². The zero-order valence-corrected chi connectivity index (χ0v) is 13.3. The van der Waals surface area contributed by atoms with Crippen molar-refractivity contribution in [1.29, 1.82) is 0 Å². The van der Waals surface area contributed by atoms with Crippen molar-refractivity contribution < 1.29 is 4.39 Å². The van der Waals surface area contributed by atoms with E-state index in [2.05, 4.69) is 10.2 Å².